The number of thiazole rings is 1. The van der Waals surface area contributed by atoms with Crippen molar-refractivity contribution in [2.45, 2.75) is 40.2 Å². The molecule has 0 spiro atoms. The maximum atomic E-state index is 12.5. The van der Waals surface area contributed by atoms with E-state index >= 15 is 0 Å². The maximum Gasteiger partial charge on any atom is 0.228 e. The Balaban J connectivity index is 2.08. The summed E-state index contributed by atoms with van der Waals surface area (Å²) in [4.78, 5) is 23.3. The fraction of sp³-hybridized carbons (Fsp3) is 0.471. The number of rotatable bonds is 6. The summed E-state index contributed by atoms with van der Waals surface area (Å²) in [5.74, 6) is 0.588. The third-order valence-electron chi connectivity index (χ3n) is 3.89. The average Bonchev–Trinajstić information content (AvgIpc) is 2.97. The first-order valence-corrected chi connectivity index (χ1v) is 8.56. The largest absolute Gasteiger partial charge is 0.340 e. The Bertz CT molecular complexity index is 609. The van der Waals surface area contributed by atoms with Crippen LogP contribution in [0.2, 0.25) is 0 Å². The molecule has 0 N–H and O–H groups in total. The molecule has 0 aromatic carbocycles. The van der Waals surface area contributed by atoms with E-state index in [1.165, 1.54) is 11.3 Å². The lowest BCUT2D eigenvalue weighted by Crippen LogP contribution is -2.42. The van der Waals surface area contributed by atoms with E-state index in [4.69, 9.17) is 0 Å². The highest BCUT2D eigenvalue weighted by Gasteiger charge is 2.21. The molecule has 2 aromatic heterocycles. The maximum absolute atomic E-state index is 12.5. The normalized spacial score (nSPS) is 12.4. The van der Waals surface area contributed by atoms with Crippen LogP contribution in [0.5, 0.6) is 0 Å². The summed E-state index contributed by atoms with van der Waals surface area (Å²) in [6.07, 6.45) is 2.11. The lowest BCUT2D eigenvalue weighted by atomic mass is 10.0. The summed E-state index contributed by atoms with van der Waals surface area (Å²) in [5.41, 5.74) is 1.68. The summed E-state index contributed by atoms with van der Waals surface area (Å²) < 4.78 is 0. The second-order valence-corrected chi connectivity index (χ2v) is 6.56. The number of nitrogens with zero attached hydrogens (tertiary/aromatic N) is 3. The second-order valence-electron chi connectivity index (χ2n) is 5.70. The fourth-order valence-corrected chi connectivity index (χ4v) is 3.10. The summed E-state index contributed by atoms with van der Waals surface area (Å²) in [6, 6.07) is 6.00. The van der Waals surface area contributed by atoms with Crippen LogP contribution >= 0.6 is 11.3 Å². The molecule has 0 saturated carbocycles. The van der Waals surface area contributed by atoms with Crippen LogP contribution in [0.3, 0.4) is 0 Å². The molecule has 5 heteroatoms. The van der Waals surface area contributed by atoms with Gasteiger partial charge in [-0.05, 0) is 31.9 Å². The van der Waals surface area contributed by atoms with Gasteiger partial charge in [0.25, 0.3) is 0 Å². The lowest BCUT2D eigenvalue weighted by Gasteiger charge is -2.30. The zero-order valence-corrected chi connectivity index (χ0v) is 14.4. The molecule has 0 fully saturated rings. The van der Waals surface area contributed by atoms with E-state index in [2.05, 4.69) is 30.7 Å². The zero-order chi connectivity index (χ0) is 16.1. The van der Waals surface area contributed by atoms with Crippen molar-refractivity contribution >= 4 is 17.2 Å². The van der Waals surface area contributed by atoms with Gasteiger partial charge in [0.1, 0.15) is 5.01 Å². The molecule has 2 aromatic rings. The number of hydrogen-bond acceptors (Lipinski definition) is 4. The van der Waals surface area contributed by atoms with Gasteiger partial charge in [0.15, 0.2) is 0 Å². The number of amides is 1. The summed E-state index contributed by atoms with van der Waals surface area (Å²) in [7, 11) is 0. The van der Waals surface area contributed by atoms with Gasteiger partial charge in [-0.25, -0.2) is 4.98 Å². The molecule has 22 heavy (non-hydrogen) atoms. The van der Waals surface area contributed by atoms with Gasteiger partial charge >= 0.3 is 0 Å². The van der Waals surface area contributed by atoms with E-state index in [0.717, 1.165) is 22.9 Å². The van der Waals surface area contributed by atoms with Gasteiger partial charge in [-0.3, -0.25) is 9.78 Å². The van der Waals surface area contributed by atoms with Gasteiger partial charge in [0, 0.05) is 24.2 Å². The van der Waals surface area contributed by atoms with Crippen molar-refractivity contribution in [3.8, 4) is 10.7 Å². The van der Waals surface area contributed by atoms with E-state index in [9.17, 15) is 4.79 Å². The summed E-state index contributed by atoms with van der Waals surface area (Å²) in [6.45, 7) is 9.14. The van der Waals surface area contributed by atoms with Crippen LogP contribution in [-0.4, -0.2) is 33.4 Å². The van der Waals surface area contributed by atoms with Gasteiger partial charge in [0.2, 0.25) is 5.91 Å². The molecule has 2 rings (SSSR count). The van der Waals surface area contributed by atoms with Crippen molar-refractivity contribution < 1.29 is 4.79 Å². The molecular formula is C17H23N3OS. The monoisotopic (exact) mass is 317 g/mol. The van der Waals surface area contributed by atoms with E-state index < -0.39 is 0 Å². The van der Waals surface area contributed by atoms with E-state index in [-0.39, 0.29) is 11.9 Å². The Kier molecular flexibility index (Phi) is 5.66. The van der Waals surface area contributed by atoms with Crippen LogP contribution < -0.4 is 0 Å². The van der Waals surface area contributed by atoms with E-state index in [1.54, 1.807) is 6.20 Å². The zero-order valence-electron chi connectivity index (χ0n) is 13.6. The minimum absolute atomic E-state index is 0.140. The Hall–Kier alpha value is -1.75. The molecule has 1 atom stereocenters. The highest BCUT2D eigenvalue weighted by atomic mass is 32.1. The average molecular weight is 317 g/mol. The van der Waals surface area contributed by atoms with Gasteiger partial charge < -0.3 is 4.90 Å². The van der Waals surface area contributed by atoms with Crippen molar-refractivity contribution in [3.05, 3.63) is 35.5 Å². The third kappa shape index (κ3) is 3.91. The molecule has 0 unspecified atom stereocenters. The Morgan fingerprint density at radius 2 is 2.09 bits per heavy atom. The van der Waals surface area contributed by atoms with Crippen molar-refractivity contribution in [3.63, 3.8) is 0 Å². The molecule has 0 aliphatic heterocycles. The predicted molar refractivity (Wildman–Crippen MR) is 90.7 cm³/mol. The molecule has 1 amide bonds. The third-order valence-corrected chi connectivity index (χ3v) is 4.80. The standard InChI is InChI=1S/C17H23N3OS/c1-5-20(13(4)12(2)3)16(21)10-14-11-22-17(19-14)15-8-6-7-9-18-15/h6-9,11-13H,5,10H2,1-4H3/t13-/m0/s1. The summed E-state index contributed by atoms with van der Waals surface area (Å²) in [5, 5.41) is 2.82. The van der Waals surface area contributed by atoms with Crippen molar-refractivity contribution in [2.75, 3.05) is 6.54 Å². The van der Waals surface area contributed by atoms with Gasteiger partial charge in [-0.2, -0.15) is 0 Å². The first-order valence-electron chi connectivity index (χ1n) is 7.68. The first-order chi connectivity index (χ1) is 10.5. The van der Waals surface area contributed by atoms with E-state index in [1.807, 2.05) is 35.4 Å². The van der Waals surface area contributed by atoms with Crippen LogP contribution in [0.4, 0.5) is 0 Å². The molecular weight excluding hydrogens is 294 g/mol. The van der Waals surface area contributed by atoms with Gasteiger partial charge in [0.05, 0.1) is 17.8 Å². The number of aromatic nitrogens is 2. The second kappa shape index (κ2) is 7.49. The van der Waals surface area contributed by atoms with Gasteiger partial charge in [-0.15, -0.1) is 11.3 Å². The minimum Gasteiger partial charge on any atom is -0.340 e. The minimum atomic E-state index is 0.140. The Morgan fingerprint density at radius 3 is 2.68 bits per heavy atom. The number of pyridine rings is 1. The van der Waals surface area contributed by atoms with Crippen LogP contribution in [0, 0.1) is 5.92 Å². The highest BCUT2D eigenvalue weighted by Crippen LogP contribution is 2.22. The highest BCUT2D eigenvalue weighted by molar-refractivity contribution is 7.13. The van der Waals surface area contributed by atoms with Gasteiger partial charge in [-0.1, -0.05) is 19.9 Å². The molecule has 0 saturated heterocycles. The predicted octanol–water partition coefficient (Wildman–Crippen LogP) is 3.64. The smallest absolute Gasteiger partial charge is 0.228 e. The number of carbonyl (C=O) groups is 1. The van der Waals surface area contributed by atoms with Crippen LogP contribution in [0.25, 0.3) is 10.7 Å². The quantitative estimate of drug-likeness (QED) is 0.817. The molecule has 0 radical (unpaired) electrons. The lowest BCUT2D eigenvalue weighted by molar-refractivity contribution is -0.133. The van der Waals surface area contributed by atoms with Crippen LogP contribution in [-0.2, 0) is 11.2 Å². The van der Waals surface area contributed by atoms with Crippen molar-refractivity contribution in [2.24, 2.45) is 5.92 Å². The first kappa shape index (κ1) is 16.6. The topological polar surface area (TPSA) is 46.1 Å². The molecule has 0 aliphatic carbocycles. The van der Waals surface area contributed by atoms with Crippen molar-refractivity contribution in [1.82, 2.24) is 14.9 Å². The van der Waals surface area contributed by atoms with Crippen LogP contribution in [0.15, 0.2) is 29.8 Å². The number of carbonyl (C=O) groups excluding carboxylic acids is 1. The SMILES string of the molecule is CCN(C(=O)Cc1csc(-c2ccccn2)n1)[C@@H](C)C(C)C. The molecule has 4 nitrogen and oxygen atoms in total. The van der Waals surface area contributed by atoms with Crippen LogP contribution in [0.1, 0.15) is 33.4 Å². The summed E-state index contributed by atoms with van der Waals surface area (Å²) >= 11 is 1.53. The number of hydrogen-bond donors (Lipinski definition) is 0. The molecule has 0 aliphatic rings. The van der Waals surface area contributed by atoms with Crippen molar-refractivity contribution in [1.29, 1.82) is 0 Å². The molecule has 118 valence electrons. The Labute approximate surface area is 136 Å². The number of likely N-dealkylation sites (N-methyl/N-ethyl adjacent to an activating group) is 1. The Morgan fingerprint density at radius 1 is 1.32 bits per heavy atom. The van der Waals surface area contributed by atoms with E-state index in [0.29, 0.717) is 12.3 Å². The molecule has 2 heterocycles. The molecule has 0 bridgehead atoms. The fourth-order valence-electron chi connectivity index (χ4n) is 2.30.